The summed E-state index contributed by atoms with van der Waals surface area (Å²) in [5.74, 6) is 5.76. The molecule has 248 valence electrons. The van der Waals surface area contributed by atoms with Crippen molar-refractivity contribution in [2.75, 3.05) is 60.3 Å². The zero-order chi connectivity index (χ0) is 33.4. The van der Waals surface area contributed by atoms with Gasteiger partial charge < -0.3 is 35.1 Å². The summed E-state index contributed by atoms with van der Waals surface area (Å²) in [6.45, 7) is 0.872. The maximum absolute atomic E-state index is 13.5. The van der Waals surface area contributed by atoms with E-state index >= 15 is 0 Å². The SMILES string of the molecule is CNC(=O)c1ccc(NCC#Cc2cc(C(=O)NC3CCC(N(C)CCN(C)C)CC3)c3ncn(CC(F)(F)F)c3c2)c(OC)c1. The number of ether oxygens (including phenoxy) is 1. The van der Waals surface area contributed by atoms with E-state index in [-0.39, 0.29) is 41.0 Å². The molecule has 46 heavy (non-hydrogen) atoms. The highest BCUT2D eigenvalue weighted by Crippen LogP contribution is 2.27. The van der Waals surface area contributed by atoms with Crippen molar-refractivity contribution in [2.24, 2.45) is 0 Å². The number of hydrogen-bond acceptors (Lipinski definition) is 7. The van der Waals surface area contributed by atoms with Crippen molar-refractivity contribution < 1.29 is 27.5 Å². The van der Waals surface area contributed by atoms with Crippen molar-refractivity contribution in [1.29, 1.82) is 0 Å². The first-order valence-corrected chi connectivity index (χ1v) is 15.2. The molecule has 0 saturated heterocycles. The molecule has 1 saturated carbocycles. The largest absolute Gasteiger partial charge is 0.495 e. The fourth-order valence-electron chi connectivity index (χ4n) is 5.60. The van der Waals surface area contributed by atoms with Gasteiger partial charge in [-0.25, -0.2) is 4.98 Å². The molecule has 13 heteroatoms. The third-order valence-electron chi connectivity index (χ3n) is 8.17. The summed E-state index contributed by atoms with van der Waals surface area (Å²) >= 11 is 0. The van der Waals surface area contributed by atoms with Gasteiger partial charge in [0.25, 0.3) is 11.8 Å². The molecule has 0 aliphatic heterocycles. The molecule has 1 aliphatic rings. The molecule has 2 amide bonds. The summed E-state index contributed by atoms with van der Waals surface area (Å²) in [5.41, 5.74) is 2.00. The Labute approximate surface area is 267 Å². The second-order valence-electron chi connectivity index (χ2n) is 11.8. The number of carbonyl (C=O) groups is 2. The molecule has 1 heterocycles. The van der Waals surface area contributed by atoms with Gasteiger partial charge in [-0.1, -0.05) is 11.8 Å². The van der Waals surface area contributed by atoms with Crippen molar-refractivity contribution in [3.8, 4) is 17.6 Å². The van der Waals surface area contributed by atoms with Crippen LogP contribution in [0, 0.1) is 11.8 Å². The van der Waals surface area contributed by atoms with Crippen molar-refractivity contribution in [3.05, 3.63) is 53.3 Å². The smallest absolute Gasteiger partial charge is 0.406 e. The molecule has 3 N–H and O–H groups in total. The highest BCUT2D eigenvalue weighted by Gasteiger charge is 2.30. The van der Waals surface area contributed by atoms with Crippen LogP contribution in [0.15, 0.2) is 36.7 Å². The molecule has 1 fully saturated rings. The van der Waals surface area contributed by atoms with Crippen molar-refractivity contribution >= 4 is 28.5 Å². The van der Waals surface area contributed by atoms with Crippen LogP contribution in [0.5, 0.6) is 5.75 Å². The molecule has 0 atom stereocenters. The normalized spacial score (nSPS) is 16.7. The first-order valence-electron chi connectivity index (χ1n) is 15.2. The highest BCUT2D eigenvalue weighted by atomic mass is 19.4. The number of imidazole rings is 1. The van der Waals surface area contributed by atoms with Crippen molar-refractivity contribution in [2.45, 2.75) is 50.5 Å². The van der Waals surface area contributed by atoms with E-state index in [9.17, 15) is 22.8 Å². The van der Waals surface area contributed by atoms with Gasteiger partial charge in [0.15, 0.2) is 0 Å². The maximum Gasteiger partial charge on any atom is 0.406 e. The Kier molecular flexibility index (Phi) is 11.5. The van der Waals surface area contributed by atoms with Crippen LogP contribution in [0.2, 0.25) is 0 Å². The van der Waals surface area contributed by atoms with E-state index in [1.54, 1.807) is 24.3 Å². The van der Waals surface area contributed by atoms with E-state index in [0.29, 0.717) is 28.6 Å². The summed E-state index contributed by atoms with van der Waals surface area (Å²) in [4.78, 5) is 34.2. The topological polar surface area (TPSA) is 104 Å². The first-order chi connectivity index (χ1) is 21.9. The molecule has 10 nitrogen and oxygen atoms in total. The number of halogens is 3. The van der Waals surface area contributed by atoms with Gasteiger partial charge in [0.2, 0.25) is 0 Å². The third kappa shape index (κ3) is 9.14. The number of nitrogens with zero attached hydrogens (tertiary/aromatic N) is 4. The monoisotopic (exact) mass is 641 g/mol. The fraction of sp³-hybridized carbons (Fsp3) is 0.485. The van der Waals surface area contributed by atoms with E-state index in [1.165, 1.54) is 20.2 Å². The Morgan fingerprint density at radius 3 is 2.46 bits per heavy atom. The summed E-state index contributed by atoms with van der Waals surface area (Å²) in [7, 11) is 9.26. The number of aromatic nitrogens is 2. The molecule has 3 aromatic rings. The molecule has 1 aromatic heterocycles. The lowest BCUT2D eigenvalue weighted by atomic mass is 9.90. The number of rotatable bonds is 11. The Balaban J connectivity index is 1.51. The van der Waals surface area contributed by atoms with Gasteiger partial charge in [0, 0.05) is 43.3 Å². The van der Waals surface area contributed by atoms with Crippen LogP contribution in [0.3, 0.4) is 0 Å². The molecule has 1 aliphatic carbocycles. The molecular weight excluding hydrogens is 599 g/mol. The van der Waals surface area contributed by atoms with E-state index in [1.807, 2.05) is 0 Å². The van der Waals surface area contributed by atoms with E-state index in [0.717, 1.165) is 49.7 Å². The number of amides is 2. The Morgan fingerprint density at radius 1 is 1.07 bits per heavy atom. The molecule has 0 spiro atoms. The summed E-state index contributed by atoms with van der Waals surface area (Å²) in [6, 6.07) is 8.45. The van der Waals surface area contributed by atoms with Gasteiger partial charge in [0.05, 0.1) is 36.7 Å². The Morgan fingerprint density at radius 2 is 1.80 bits per heavy atom. The number of carbonyl (C=O) groups excluding carboxylic acids is 2. The Bertz CT molecular complexity index is 1580. The van der Waals surface area contributed by atoms with Crippen LogP contribution in [-0.4, -0.2) is 104 Å². The van der Waals surface area contributed by atoms with Gasteiger partial charge in [0.1, 0.15) is 17.8 Å². The molecule has 0 unspecified atom stereocenters. The predicted octanol–water partition coefficient (Wildman–Crippen LogP) is 3.96. The van der Waals surface area contributed by atoms with Crippen LogP contribution in [0.25, 0.3) is 11.0 Å². The van der Waals surface area contributed by atoms with Crippen LogP contribution >= 0.6 is 0 Å². The lowest BCUT2D eigenvalue weighted by Crippen LogP contribution is -2.44. The van der Waals surface area contributed by atoms with Gasteiger partial charge in [-0.15, -0.1) is 0 Å². The minimum absolute atomic E-state index is 0.0398. The average molecular weight is 642 g/mol. The number of anilines is 1. The van der Waals surface area contributed by atoms with Crippen LogP contribution < -0.4 is 20.7 Å². The number of hydrogen-bond donors (Lipinski definition) is 3. The van der Waals surface area contributed by atoms with Crippen molar-refractivity contribution in [1.82, 2.24) is 30.0 Å². The van der Waals surface area contributed by atoms with Gasteiger partial charge in [-0.05, 0) is 77.2 Å². The minimum atomic E-state index is -4.47. The second kappa shape index (κ2) is 15.3. The van der Waals surface area contributed by atoms with E-state index in [4.69, 9.17) is 4.74 Å². The summed E-state index contributed by atoms with van der Waals surface area (Å²) < 4.78 is 46.4. The van der Waals surface area contributed by atoms with Gasteiger partial charge in [-0.3, -0.25) is 9.59 Å². The average Bonchev–Trinajstić information content (AvgIpc) is 3.42. The molecule has 0 bridgehead atoms. The van der Waals surface area contributed by atoms with Crippen molar-refractivity contribution in [3.63, 3.8) is 0 Å². The van der Waals surface area contributed by atoms with Gasteiger partial charge >= 0.3 is 6.18 Å². The van der Waals surface area contributed by atoms with Crippen LogP contribution in [0.4, 0.5) is 18.9 Å². The number of methoxy groups -OCH3 is 1. The predicted molar refractivity (Wildman–Crippen MR) is 172 cm³/mol. The second-order valence-corrected chi connectivity index (χ2v) is 11.8. The summed E-state index contributed by atoms with van der Waals surface area (Å²) in [5, 5.41) is 8.79. The van der Waals surface area contributed by atoms with E-state index in [2.05, 4.69) is 63.7 Å². The molecule has 4 rings (SSSR count). The fourth-order valence-corrected chi connectivity index (χ4v) is 5.60. The number of fused-ring (bicyclic) bond motifs is 1. The standard InChI is InChI=1S/C33H42F3N7O3/c1-37-31(44)23-8-13-27(29(19-23)46-5)38-14-6-7-22-17-26(30-28(18-22)43(21-39-30)20-33(34,35)36)32(45)40-24-9-11-25(12-10-24)42(4)16-15-41(2)3/h8,13,17-19,21,24-25,38H,9-12,14-16,20H2,1-5H3,(H,37,44)(H,40,45). The quantitative estimate of drug-likeness (QED) is 0.273. The zero-order valence-corrected chi connectivity index (χ0v) is 26.9. The lowest BCUT2D eigenvalue weighted by molar-refractivity contribution is -0.139. The first kappa shape index (κ1) is 34.6. The number of benzene rings is 2. The summed E-state index contributed by atoms with van der Waals surface area (Å²) in [6.07, 6.45) is 0.161. The van der Waals surface area contributed by atoms with Gasteiger partial charge in [-0.2, -0.15) is 13.2 Å². The number of alkyl halides is 3. The third-order valence-corrected chi connectivity index (χ3v) is 8.17. The van der Waals surface area contributed by atoms with Crippen LogP contribution in [0.1, 0.15) is 52.0 Å². The molecular formula is C33H42F3N7O3. The number of likely N-dealkylation sites (N-methyl/N-ethyl adjacent to an activating group) is 2. The number of nitrogens with one attached hydrogen (secondary N) is 3. The molecule has 2 aromatic carbocycles. The van der Waals surface area contributed by atoms with Crippen LogP contribution in [-0.2, 0) is 6.54 Å². The Hall–Kier alpha value is -4.28. The zero-order valence-electron chi connectivity index (χ0n) is 26.9. The maximum atomic E-state index is 13.5. The molecule has 0 radical (unpaired) electrons. The lowest BCUT2D eigenvalue weighted by Gasteiger charge is -2.35. The highest BCUT2D eigenvalue weighted by molar-refractivity contribution is 6.05. The van der Waals surface area contributed by atoms with E-state index < -0.39 is 12.7 Å². The minimum Gasteiger partial charge on any atom is -0.495 e.